The number of aliphatic carboxylic acids is 1. The van der Waals surface area contributed by atoms with Crippen LogP contribution in [-0.4, -0.2) is 16.1 Å². The van der Waals surface area contributed by atoms with E-state index in [0.29, 0.717) is 5.56 Å². The van der Waals surface area contributed by atoms with Crippen LogP contribution in [0.5, 0.6) is 0 Å². The van der Waals surface area contributed by atoms with Gasteiger partial charge in [0.1, 0.15) is 0 Å². The van der Waals surface area contributed by atoms with Gasteiger partial charge >= 0.3 is 5.97 Å². The topological polar surface area (TPSA) is 50.2 Å². The molecule has 4 heteroatoms. The van der Waals surface area contributed by atoms with E-state index in [9.17, 15) is 9.18 Å². The summed E-state index contributed by atoms with van der Waals surface area (Å²) in [5.74, 6) is -2.77. The molecular weight excluding hydrogens is 209 g/mol. The van der Waals surface area contributed by atoms with Crippen molar-refractivity contribution < 1.29 is 14.3 Å². The highest BCUT2D eigenvalue weighted by Crippen LogP contribution is 2.15. The van der Waals surface area contributed by atoms with E-state index in [2.05, 4.69) is 4.98 Å². The first-order valence-electron chi connectivity index (χ1n) is 4.62. The molecule has 0 bridgehead atoms. The molecule has 2 rings (SSSR count). The van der Waals surface area contributed by atoms with Crippen molar-refractivity contribution >= 4 is 22.9 Å². The molecule has 1 N–H and O–H groups in total. The molecule has 80 valence electrons. The van der Waals surface area contributed by atoms with Gasteiger partial charge in [0.25, 0.3) is 0 Å². The fourth-order valence-electron chi connectivity index (χ4n) is 1.38. The number of rotatable bonds is 2. The van der Waals surface area contributed by atoms with Gasteiger partial charge in [-0.15, -0.1) is 0 Å². The van der Waals surface area contributed by atoms with Gasteiger partial charge < -0.3 is 5.11 Å². The SMILES string of the molecule is O=C(O)/C(F)=C/c1cnc2ccccc2c1. The lowest BCUT2D eigenvalue weighted by Crippen LogP contribution is -1.94. The number of halogens is 1. The predicted octanol–water partition coefficient (Wildman–Crippen LogP) is 2.63. The average Bonchev–Trinajstić information content (AvgIpc) is 2.28. The lowest BCUT2D eigenvalue weighted by Gasteiger charge is -1.98. The van der Waals surface area contributed by atoms with Crippen LogP contribution in [0.4, 0.5) is 4.39 Å². The van der Waals surface area contributed by atoms with Crippen LogP contribution in [0.15, 0.2) is 42.4 Å². The Labute approximate surface area is 90.9 Å². The van der Waals surface area contributed by atoms with E-state index >= 15 is 0 Å². The minimum atomic E-state index is -1.58. The Balaban J connectivity index is 2.47. The maximum Gasteiger partial charge on any atom is 0.364 e. The van der Waals surface area contributed by atoms with E-state index in [0.717, 1.165) is 17.0 Å². The summed E-state index contributed by atoms with van der Waals surface area (Å²) >= 11 is 0. The highest BCUT2D eigenvalue weighted by Gasteiger charge is 2.05. The van der Waals surface area contributed by atoms with Gasteiger partial charge in [0.2, 0.25) is 5.83 Å². The van der Waals surface area contributed by atoms with Gasteiger partial charge in [0, 0.05) is 11.6 Å². The molecule has 0 atom stereocenters. The van der Waals surface area contributed by atoms with E-state index in [-0.39, 0.29) is 0 Å². The maximum absolute atomic E-state index is 12.8. The number of carboxylic acids is 1. The average molecular weight is 217 g/mol. The van der Waals surface area contributed by atoms with Crippen LogP contribution in [0.3, 0.4) is 0 Å². The lowest BCUT2D eigenvalue weighted by molar-refractivity contribution is -0.134. The summed E-state index contributed by atoms with van der Waals surface area (Å²) in [4.78, 5) is 14.4. The smallest absolute Gasteiger partial charge is 0.364 e. The van der Waals surface area contributed by atoms with E-state index in [1.807, 2.05) is 24.3 Å². The second kappa shape index (κ2) is 4.10. The van der Waals surface area contributed by atoms with Crippen LogP contribution < -0.4 is 0 Å². The van der Waals surface area contributed by atoms with Crippen LogP contribution in [0.2, 0.25) is 0 Å². The minimum Gasteiger partial charge on any atom is -0.476 e. The third-order valence-corrected chi connectivity index (χ3v) is 2.11. The van der Waals surface area contributed by atoms with Gasteiger partial charge in [0.15, 0.2) is 0 Å². The quantitative estimate of drug-likeness (QED) is 0.786. The van der Waals surface area contributed by atoms with Crippen molar-refractivity contribution in [2.45, 2.75) is 0 Å². The highest BCUT2D eigenvalue weighted by atomic mass is 19.1. The van der Waals surface area contributed by atoms with Crippen molar-refractivity contribution in [3.8, 4) is 0 Å². The first-order valence-corrected chi connectivity index (χ1v) is 4.62. The van der Waals surface area contributed by atoms with Gasteiger partial charge in [0.05, 0.1) is 5.52 Å². The predicted molar refractivity (Wildman–Crippen MR) is 58.5 cm³/mol. The normalized spacial score (nSPS) is 11.7. The van der Waals surface area contributed by atoms with Crippen molar-refractivity contribution in [3.05, 3.63) is 47.9 Å². The van der Waals surface area contributed by atoms with E-state index in [1.165, 1.54) is 6.20 Å². The van der Waals surface area contributed by atoms with Crippen molar-refractivity contribution in [1.29, 1.82) is 0 Å². The lowest BCUT2D eigenvalue weighted by atomic mass is 10.1. The Morgan fingerprint density at radius 2 is 2.12 bits per heavy atom. The fraction of sp³-hybridized carbons (Fsp3) is 0. The van der Waals surface area contributed by atoms with Crippen molar-refractivity contribution in [1.82, 2.24) is 4.98 Å². The molecule has 0 aliphatic rings. The zero-order valence-corrected chi connectivity index (χ0v) is 8.22. The standard InChI is InChI=1S/C12H8FNO2/c13-10(12(15)16)6-8-5-9-3-1-2-4-11(9)14-7-8/h1-7H,(H,15,16)/b10-6-. The summed E-state index contributed by atoms with van der Waals surface area (Å²) in [6.07, 6.45) is 2.38. The number of nitrogens with zero attached hydrogens (tertiary/aromatic N) is 1. The molecule has 1 heterocycles. The zero-order valence-electron chi connectivity index (χ0n) is 8.22. The van der Waals surface area contributed by atoms with Crippen molar-refractivity contribution in [2.24, 2.45) is 0 Å². The van der Waals surface area contributed by atoms with Gasteiger partial charge in [-0.3, -0.25) is 4.98 Å². The third kappa shape index (κ3) is 2.06. The molecule has 1 aromatic carbocycles. The maximum atomic E-state index is 12.8. The summed E-state index contributed by atoms with van der Waals surface area (Å²) in [5, 5.41) is 9.23. The number of carbonyl (C=O) groups is 1. The molecule has 3 nitrogen and oxygen atoms in total. The molecule has 0 aliphatic heterocycles. The van der Waals surface area contributed by atoms with E-state index in [1.54, 1.807) is 6.07 Å². The summed E-state index contributed by atoms with van der Waals surface area (Å²) in [6, 6.07) is 9.04. The van der Waals surface area contributed by atoms with Gasteiger partial charge in [-0.1, -0.05) is 18.2 Å². The second-order valence-corrected chi connectivity index (χ2v) is 3.26. The van der Waals surface area contributed by atoms with Gasteiger partial charge in [-0.25, -0.2) is 4.79 Å². The van der Waals surface area contributed by atoms with Gasteiger partial charge in [-0.05, 0) is 23.8 Å². The number of pyridine rings is 1. The summed E-state index contributed by atoms with van der Waals surface area (Å²) < 4.78 is 12.8. The Morgan fingerprint density at radius 3 is 2.88 bits per heavy atom. The van der Waals surface area contributed by atoms with Crippen LogP contribution in [0.1, 0.15) is 5.56 Å². The van der Waals surface area contributed by atoms with Crippen LogP contribution >= 0.6 is 0 Å². The molecule has 0 spiro atoms. The monoisotopic (exact) mass is 217 g/mol. The van der Waals surface area contributed by atoms with Crippen LogP contribution in [-0.2, 0) is 4.79 Å². The Morgan fingerprint density at radius 1 is 1.38 bits per heavy atom. The summed E-state index contributed by atoms with van der Waals surface area (Å²) in [5.41, 5.74) is 1.22. The number of aromatic nitrogens is 1. The largest absolute Gasteiger partial charge is 0.476 e. The minimum absolute atomic E-state index is 0.429. The zero-order chi connectivity index (χ0) is 11.5. The number of hydrogen-bond donors (Lipinski definition) is 1. The molecule has 0 saturated carbocycles. The summed E-state index contributed by atoms with van der Waals surface area (Å²) in [6.45, 7) is 0. The van der Waals surface area contributed by atoms with Crippen LogP contribution in [0.25, 0.3) is 17.0 Å². The summed E-state index contributed by atoms with van der Waals surface area (Å²) in [7, 11) is 0. The van der Waals surface area contributed by atoms with Crippen LogP contribution in [0, 0.1) is 0 Å². The molecule has 1 aromatic heterocycles. The number of benzene rings is 1. The number of fused-ring (bicyclic) bond motifs is 1. The first kappa shape index (κ1) is 10.3. The number of para-hydroxylation sites is 1. The third-order valence-electron chi connectivity index (χ3n) is 2.11. The van der Waals surface area contributed by atoms with E-state index in [4.69, 9.17) is 5.11 Å². The number of carboxylic acid groups (broad SMARTS) is 1. The molecule has 0 fully saturated rings. The molecular formula is C12H8FNO2. The van der Waals surface area contributed by atoms with Crippen molar-refractivity contribution in [3.63, 3.8) is 0 Å². The van der Waals surface area contributed by atoms with E-state index < -0.39 is 11.8 Å². The van der Waals surface area contributed by atoms with Crippen molar-refractivity contribution in [2.75, 3.05) is 0 Å². The molecule has 2 aromatic rings. The molecule has 0 saturated heterocycles. The Bertz CT molecular complexity index is 578. The second-order valence-electron chi connectivity index (χ2n) is 3.26. The highest BCUT2D eigenvalue weighted by molar-refractivity contribution is 5.90. The Hall–Kier alpha value is -2.23. The Kier molecular flexibility index (Phi) is 2.64. The fourth-order valence-corrected chi connectivity index (χ4v) is 1.38. The molecule has 0 unspecified atom stereocenters. The van der Waals surface area contributed by atoms with Gasteiger partial charge in [-0.2, -0.15) is 4.39 Å². The number of hydrogen-bond acceptors (Lipinski definition) is 2. The molecule has 16 heavy (non-hydrogen) atoms. The molecule has 0 amide bonds. The molecule has 0 radical (unpaired) electrons. The first-order chi connectivity index (χ1) is 7.66. The molecule has 0 aliphatic carbocycles.